The molecule has 0 aliphatic rings. The maximum absolute atomic E-state index is 12.6. The van der Waals surface area contributed by atoms with Crippen LogP contribution in [0.25, 0.3) is 11.4 Å². The molecule has 0 N–H and O–H groups in total. The first-order chi connectivity index (χ1) is 14.2. The summed E-state index contributed by atoms with van der Waals surface area (Å²) in [5, 5.41) is 3.95. The highest BCUT2D eigenvalue weighted by Gasteiger charge is 2.23. The lowest BCUT2D eigenvalue weighted by atomic mass is 10.1. The second-order valence-corrected chi connectivity index (χ2v) is 9.13. The van der Waals surface area contributed by atoms with E-state index in [1.807, 2.05) is 61.5 Å². The zero-order valence-electron chi connectivity index (χ0n) is 17.1. The van der Waals surface area contributed by atoms with Gasteiger partial charge >= 0.3 is 0 Å². The predicted molar refractivity (Wildman–Crippen MR) is 113 cm³/mol. The zero-order chi connectivity index (χ0) is 21.7. The Morgan fingerprint density at radius 3 is 2.33 bits per heavy atom. The highest BCUT2D eigenvalue weighted by atomic mass is 32.2. The average molecular weight is 429 g/mol. The van der Waals surface area contributed by atoms with Crippen LogP contribution >= 0.6 is 0 Å². The van der Waals surface area contributed by atoms with Crippen LogP contribution in [0.2, 0.25) is 0 Å². The van der Waals surface area contributed by atoms with E-state index in [9.17, 15) is 13.2 Å². The van der Waals surface area contributed by atoms with Crippen LogP contribution in [0.1, 0.15) is 17.0 Å². The Labute approximate surface area is 176 Å². The van der Waals surface area contributed by atoms with Crippen LogP contribution < -0.4 is 0 Å². The molecule has 0 radical (unpaired) electrons. The lowest BCUT2D eigenvalue weighted by Crippen LogP contribution is -2.40. The number of aromatic nitrogens is 2. The summed E-state index contributed by atoms with van der Waals surface area (Å²) in [7, 11) is -2.00. The van der Waals surface area contributed by atoms with Crippen molar-refractivity contribution >= 4 is 15.9 Å². The Kier molecular flexibility index (Phi) is 6.63. The van der Waals surface area contributed by atoms with Crippen molar-refractivity contribution in [1.82, 2.24) is 19.3 Å². The van der Waals surface area contributed by atoms with Crippen molar-refractivity contribution in [1.29, 1.82) is 0 Å². The van der Waals surface area contributed by atoms with Gasteiger partial charge in [-0.05, 0) is 12.5 Å². The molecule has 1 aromatic heterocycles. The fraction of sp³-hybridized carbons (Fsp3) is 0.286. The van der Waals surface area contributed by atoms with Gasteiger partial charge in [-0.25, -0.2) is 8.42 Å². The maximum Gasteiger partial charge on any atom is 0.246 e. The number of amides is 1. The molecular formula is C21H24N4O4S. The van der Waals surface area contributed by atoms with Crippen molar-refractivity contribution in [2.24, 2.45) is 0 Å². The normalized spacial score (nSPS) is 11.6. The Balaban J connectivity index is 1.65. The summed E-state index contributed by atoms with van der Waals surface area (Å²) in [6.45, 7) is 1.92. The number of nitrogens with zero attached hydrogens (tertiary/aromatic N) is 4. The van der Waals surface area contributed by atoms with Gasteiger partial charge in [-0.3, -0.25) is 4.79 Å². The quantitative estimate of drug-likeness (QED) is 0.547. The number of carbonyl (C=O) groups is 1. The molecule has 0 atom stereocenters. The Bertz CT molecular complexity index is 1100. The van der Waals surface area contributed by atoms with E-state index < -0.39 is 10.0 Å². The Morgan fingerprint density at radius 1 is 1.03 bits per heavy atom. The van der Waals surface area contributed by atoms with Crippen molar-refractivity contribution in [3.05, 3.63) is 71.6 Å². The number of aryl methyl sites for hydroxylation is 1. The summed E-state index contributed by atoms with van der Waals surface area (Å²) in [6.07, 6.45) is 1.09. The van der Waals surface area contributed by atoms with Crippen LogP contribution in [0.3, 0.4) is 0 Å². The first-order valence-electron chi connectivity index (χ1n) is 9.35. The second kappa shape index (κ2) is 9.19. The van der Waals surface area contributed by atoms with Crippen LogP contribution in [0.4, 0.5) is 0 Å². The summed E-state index contributed by atoms with van der Waals surface area (Å²) in [5.74, 6) is 0.342. The molecule has 8 nitrogen and oxygen atoms in total. The van der Waals surface area contributed by atoms with E-state index in [1.54, 1.807) is 7.05 Å². The number of hydrogen-bond acceptors (Lipinski definition) is 6. The molecule has 9 heteroatoms. The van der Waals surface area contributed by atoms with Crippen molar-refractivity contribution < 1.29 is 17.7 Å². The van der Waals surface area contributed by atoms with Crippen molar-refractivity contribution in [3.8, 4) is 11.4 Å². The number of carbonyl (C=O) groups excluding carboxylic acids is 1. The van der Waals surface area contributed by atoms with E-state index in [1.165, 1.54) is 4.90 Å². The molecule has 1 amide bonds. The van der Waals surface area contributed by atoms with Gasteiger partial charge in [-0.15, -0.1) is 0 Å². The third-order valence-electron chi connectivity index (χ3n) is 4.56. The van der Waals surface area contributed by atoms with Crippen molar-refractivity contribution in [3.63, 3.8) is 0 Å². The molecule has 1 heterocycles. The van der Waals surface area contributed by atoms with E-state index in [0.29, 0.717) is 5.82 Å². The first kappa shape index (κ1) is 21.7. The molecule has 0 saturated heterocycles. The van der Waals surface area contributed by atoms with Crippen molar-refractivity contribution in [2.45, 2.75) is 20.0 Å². The van der Waals surface area contributed by atoms with E-state index in [4.69, 9.17) is 4.52 Å². The SMILES string of the molecule is Cc1ccc(-c2noc(CN(C)C(=O)CN(Cc3ccccc3)S(C)(=O)=O)n2)cc1. The van der Waals surface area contributed by atoms with Gasteiger partial charge in [0.25, 0.3) is 0 Å². The smallest absolute Gasteiger partial charge is 0.246 e. The minimum atomic E-state index is -3.57. The van der Waals surface area contributed by atoms with Gasteiger partial charge in [0.15, 0.2) is 0 Å². The number of benzene rings is 2. The summed E-state index contributed by atoms with van der Waals surface area (Å²) in [4.78, 5) is 18.3. The summed E-state index contributed by atoms with van der Waals surface area (Å²) in [5.41, 5.74) is 2.74. The van der Waals surface area contributed by atoms with Crippen LogP contribution in [-0.2, 0) is 27.9 Å². The molecular weight excluding hydrogens is 404 g/mol. The maximum atomic E-state index is 12.6. The summed E-state index contributed by atoms with van der Waals surface area (Å²) >= 11 is 0. The lowest BCUT2D eigenvalue weighted by molar-refractivity contribution is -0.131. The Morgan fingerprint density at radius 2 is 1.70 bits per heavy atom. The third-order valence-corrected chi connectivity index (χ3v) is 5.75. The van der Waals surface area contributed by atoms with E-state index in [-0.39, 0.29) is 31.4 Å². The van der Waals surface area contributed by atoms with Crippen LogP contribution in [-0.4, -0.2) is 53.5 Å². The van der Waals surface area contributed by atoms with Gasteiger partial charge in [0.1, 0.15) is 0 Å². The summed E-state index contributed by atoms with van der Waals surface area (Å²) < 4.78 is 30.7. The van der Waals surface area contributed by atoms with Crippen LogP contribution in [0.5, 0.6) is 0 Å². The molecule has 0 saturated carbocycles. The fourth-order valence-corrected chi connectivity index (χ4v) is 3.51. The first-order valence-corrected chi connectivity index (χ1v) is 11.2. The predicted octanol–water partition coefficient (Wildman–Crippen LogP) is 2.47. The summed E-state index contributed by atoms with van der Waals surface area (Å²) in [6, 6.07) is 16.8. The fourth-order valence-electron chi connectivity index (χ4n) is 2.78. The van der Waals surface area contributed by atoms with Gasteiger partial charge in [-0.2, -0.15) is 9.29 Å². The van der Waals surface area contributed by atoms with Gasteiger partial charge in [-0.1, -0.05) is 65.3 Å². The molecule has 0 unspecified atom stereocenters. The van der Waals surface area contributed by atoms with Gasteiger partial charge in [0, 0.05) is 19.2 Å². The van der Waals surface area contributed by atoms with Gasteiger partial charge < -0.3 is 9.42 Å². The average Bonchev–Trinajstić information content (AvgIpc) is 3.16. The number of sulfonamides is 1. The lowest BCUT2D eigenvalue weighted by Gasteiger charge is -2.22. The monoisotopic (exact) mass is 428 g/mol. The van der Waals surface area contributed by atoms with Gasteiger partial charge in [0.2, 0.25) is 27.6 Å². The molecule has 3 rings (SSSR count). The topological polar surface area (TPSA) is 96.6 Å². The standard InChI is InChI=1S/C21H24N4O4S/c1-16-9-11-18(12-10-16)21-22-19(29-23-21)14-24(2)20(26)15-25(30(3,27)28)13-17-7-5-4-6-8-17/h4-12H,13-15H2,1-3H3. The van der Waals surface area contributed by atoms with E-state index in [2.05, 4.69) is 10.1 Å². The van der Waals surface area contributed by atoms with Crippen LogP contribution in [0, 0.1) is 6.92 Å². The number of hydrogen-bond donors (Lipinski definition) is 0. The highest BCUT2D eigenvalue weighted by molar-refractivity contribution is 7.88. The van der Waals surface area contributed by atoms with E-state index >= 15 is 0 Å². The molecule has 0 aliphatic carbocycles. The molecule has 0 bridgehead atoms. The minimum Gasteiger partial charge on any atom is -0.337 e. The molecule has 3 aromatic rings. The minimum absolute atomic E-state index is 0.0840. The van der Waals surface area contributed by atoms with E-state index in [0.717, 1.165) is 27.3 Å². The number of rotatable bonds is 8. The highest BCUT2D eigenvalue weighted by Crippen LogP contribution is 2.17. The second-order valence-electron chi connectivity index (χ2n) is 7.14. The zero-order valence-corrected chi connectivity index (χ0v) is 18.0. The van der Waals surface area contributed by atoms with Crippen molar-refractivity contribution in [2.75, 3.05) is 19.8 Å². The number of likely N-dealkylation sites (N-methyl/N-ethyl adjacent to an activating group) is 1. The molecule has 2 aromatic carbocycles. The molecule has 0 aliphatic heterocycles. The Hall–Kier alpha value is -3.04. The molecule has 0 spiro atoms. The molecule has 30 heavy (non-hydrogen) atoms. The van der Waals surface area contributed by atoms with Gasteiger partial charge in [0.05, 0.1) is 19.3 Å². The molecule has 158 valence electrons. The van der Waals surface area contributed by atoms with Crippen LogP contribution in [0.15, 0.2) is 59.1 Å². The largest absolute Gasteiger partial charge is 0.337 e. The third kappa shape index (κ3) is 5.74. The molecule has 0 fully saturated rings.